The number of rotatable bonds is 10. The fraction of sp³-hybridized carbons (Fsp3) is 0.667. The summed E-state index contributed by atoms with van der Waals surface area (Å²) in [4.78, 5) is 0. The molecule has 1 N–H and O–H groups in total. The molecule has 0 bridgehead atoms. The molecule has 1 aromatic carbocycles. The molecule has 1 nitrogen and oxygen atoms in total. The van der Waals surface area contributed by atoms with Crippen LogP contribution >= 0.6 is 11.8 Å². The number of aryl methyl sites for hydroxylation is 1. The van der Waals surface area contributed by atoms with E-state index < -0.39 is 0 Å². The van der Waals surface area contributed by atoms with Crippen LogP contribution in [-0.4, -0.2) is 25.1 Å². The summed E-state index contributed by atoms with van der Waals surface area (Å²) in [5.74, 6) is 2.79. The van der Waals surface area contributed by atoms with Gasteiger partial charge in [-0.3, -0.25) is 0 Å². The summed E-state index contributed by atoms with van der Waals surface area (Å²) in [7, 11) is 0. The van der Waals surface area contributed by atoms with Crippen molar-refractivity contribution in [2.45, 2.75) is 40.0 Å². The summed E-state index contributed by atoms with van der Waals surface area (Å²) < 4.78 is 0. The van der Waals surface area contributed by atoms with Gasteiger partial charge in [-0.15, -0.1) is 0 Å². The molecule has 1 aromatic rings. The maximum atomic E-state index is 3.64. The van der Waals surface area contributed by atoms with Crippen molar-refractivity contribution in [1.29, 1.82) is 0 Å². The summed E-state index contributed by atoms with van der Waals surface area (Å²) in [6.45, 7) is 9.07. The summed E-state index contributed by atoms with van der Waals surface area (Å²) in [6, 6.07) is 8.83. The summed E-state index contributed by atoms with van der Waals surface area (Å²) in [6.07, 6.45) is 6.08. The van der Waals surface area contributed by atoms with Crippen LogP contribution in [0, 0.1) is 18.8 Å². The minimum atomic E-state index is 0.736. The van der Waals surface area contributed by atoms with Crippen LogP contribution in [0.5, 0.6) is 0 Å². The van der Waals surface area contributed by atoms with Gasteiger partial charge >= 0.3 is 0 Å². The van der Waals surface area contributed by atoms with Crippen molar-refractivity contribution in [2.75, 3.05) is 25.1 Å². The van der Waals surface area contributed by atoms with Crippen molar-refractivity contribution >= 4 is 11.8 Å². The average molecular weight is 294 g/mol. The Bertz CT molecular complexity index is 362. The Hall–Kier alpha value is -0.470. The van der Waals surface area contributed by atoms with Crippen LogP contribution in [-0.2, 0) is 6.42 Å². The third-order valence-electron chi connectivity index (χ3n) is 3.72. The first kappa shape index (κ1) is 17.6. The van der Waals surface area contributed by atoms with E-state index in [0.717, 1.165) is 24.9 Å². The van der Waals surface area contributed by atoms with E-state index in [1.165, 1.54) is 36.1 Å². The van der Waals surface area contributed by atoms with E-state index >= 15 is 0 Å². The van der Waals surface area contributed by atoms with Gasteiger partial charge in [0.2, 0.25) is 0 Å². The molecule has 0 radical (unpaired) electrons. The van der Waals surface area contributed by atoms with Gasteiger partial charge in [0.25, 0.3) is 0 Å². The highest BCUT2D eigenvalue weighted by Crippen LogP contribution is 2.18. The van der Waals surface area contributed by atoms with E-state index in [2.05, 4.69) is 56.6 Å². The number of hydrogen-bond donors (Lipinski definition) is 1. The Morgan fingerprint density at radius 1 is 1.15 bits per heavy atom. The van der Waals surface area contributed by atoms with E-state index in [0.29, 0.717) is 0 Å². The molecule has 1 unspecified atom stereocenters. The first-order valence-corrected chi connectivity index (χ1v) is 9.27. The highest BCUT2D eigenvalue weighted by Gasteiger charge is 2.11. The van der Waals surface area contributed by atoms with E-state index in [1.807, 2.05) is 11.8 Å². The highest BCUT2D eigenvalue weighted by atomic mass is 32.2. The second kappa shape index (κ2) is 10.3. The SMILES string of the molecule is CSCCCC(CNCC(C)C)Cc1ccccc1C. The van der Waals surface area contributed by atoms with Gasteiger partial charge in [-0.25, -0.2) is 0 Å². The van der Waals surface area contributed by atoms with Crippen molar-refractivity contribution in [3.8, 4) is 0 Å². The molecule has 0 aliphatic heterocycles. The predicted molar refractivity (Wildman–Crippen MR) is 93.7 cm³/mol. The molecule has 2 heteroatoms. The molecule has 0 heterocycles. The lowest BCUT2D eigenvalue weighted by molar-refractivity contribution is 0.421. The van der Waals surface area contributed by atoms with Crippen molar-refractivity contribution in [3.05, 3.63) is 35.4 Å². The minimum Gasteiger partial charge on any atom is -0.316 e. The van der Waals surface area contributed by atoms with Crippen LogP contribution in [0.4, 0.5) is 0 Å². The molecule has 1 atom stereocenters. The molecule has 0 saturated heterocycles. The molecular weight excluding hydrogens is 262 g/mol. The lowest BCUT2D eigenvalue weighted by atomic mass is 9.92. The zero-order chi connectivity index (χ0) is 14.8. The Morgan fingerprint density at radius 2 is 1.90 bits per heavy atom. The fourth-order valence-corrected chi connectivity index (χ4v) is 2.97. The monoisotopic (exact) mass is 293 g/mol. The van der Waals surface area contributed by atoms with E-state index in [4.69, 9.17) is 0 Å². The van der Waals surface area contributed by atoms with Crippen molar-refractivity contribution in [1.82, 2.24) is 5.32 Å². The molecule has 0 amide bonds. The Kier molecular flexibility index (Phi) is 9.04. The van der Waals surface area contributed by atoms with Gasteiger partial charge in [-0.05, 0) is 74.2 Å². The van der Waals surface area contributed by atoms with Gasteiger partial charge in [-0.2, -0.15) is 11.8 Å². The number of nitrogens with one attached hydrogen (secondary N) is 1. The van der Waals surface area contributed by atoms with Gasteiger partial charge in [-0.1, -0.05) is 38.1 Å². The second-order valence-electron chi connectivity index (χ2n) is 6.18. The number of thioether (sulfide) groups is 1. The first-order valence-electron chi connectivity index (χ1n) is 7.87. The lowest BCUT2D eigenvalue weighted by Crippen LogP contribution is -2.27. The van der Waals surface area contributed by atoms with Gasteiger partial charge < -0.3 is 5.32 Å². The molecule has 0 spiro atoms. The van der Waals surface area contributed by atoms with Gasteiger partial charge in [0, 0.05) is 0 Å². The van der Waals surface area contributed by atoms with Crippen molar-refractivity contribution in [2.24, 2.45) is 11.8 Å². The third kappa shape index (κ3) is 7.35. The normalized spacial score (nSPS) is 12.8. The first-order chi connectivity index (χ1) is 9.63. The maximum Gasteiger partial charge on any atom is -0.00172 e. The zero-order valence-corrected chi connectivity index (χ0v) is 14.4. The van der Waals surface area contributed by atoms with Crippen molar-refractivity contribution in [3.63, 3.8) is 0 Å². The molecule has 0 aliphatic rings. The van der Waals surface area contributed by atoms with Crippen LogP contribution in [0.25, 0.3) is 0 Å². The average Bonchev–Trinajstić information content (AvgIpc) is 2.41. The maximum absolute atomic E-state index is 3.64. The van der Waals surface area contributed by atoms with Crippen molar-refractivity contribution < 1.29 is 0 Å². The van der Waals surface area contributed by atoms with Gasteiger partial charge in [0.05, 0.1) is 0 Å². The van der Waals surface area contributed by atoms with Gasteiger partial charge in [0.15, 0.2) is 0 Å². The molecule has 20 heavy (non-hydrogen) atoms. The molecule has 0 saturated carbocycles. The summed E-state index contributed by atoms with van der Waals surface area (Å²) in [5, 5.41) is 3.64. The Morgan fingerprint density at radius 3 is 2.55 bits per heavy atom. The van der Waals surface area contributed by atoms with Crippen LogP contribution < -0.4 is 5.32 Å². The molecular formula is C18H31NS. The largest absolute Gasteiger partial charge is 0.316 e. The van der Waals surface area contributed by atoms with E-state index in [1.54, 1.807) is 0 Å². The van der Waals surface area contributed by atoms with Crippen LogP contribution in [0.3, 0.4) is 0 Å². The third-order valence-corrected chi connectivity index (χ3v) is 4.41. The standard InChI is InChI=1S/C18H31NS/c1-15(2)13-19-14-17(9-7-11-20-4)12-18-10-6-5-8-16(18)3/h5-6,8,10,15,17,19H,7,9,11-14H2,1-4H3. The molecule has 0 fully saturated rings. The fourth-order valence-electron chi connectivity index (χ4n) is 2.52. The summed E-state index contributed by atoms with van der Waals surface area (Å²) in [5.41, 5.74) is 2.96. The lowest BCUT2D eigenvalue weighted by Gasteiger charge is -2.19. The second-order valence-corrected chi connectivity index (χ2v) is 7.17. The number of hydrogen-bond acceptors (Lipinski definition) is 2. The molecule has 0 aromatic heterocycles. The zero-order valence-electron chi connectivity index (χ0n) is 13.6. The molecule has 0 aliphatic carbocycles. The highest BCUT2D eigenvalue weighted by molar-refractivity contribution is 7.98. The Labute approximate surface area is 129 Å². The Balaban J connectivity index is 2.50. The van der Waals surface area contributed by atoms with Crippen LogP contribution in [0.1, 0.15) is 37.8 Å². The quantitative estimate of drug-likeness (QED) is 0.636. The molecule has 1 rings (SSSR count). The van der Waals surface area contributed by atoms with Crippen LogP contribution in [0.2, 0.25) is 0 Å². The van der Waals surface area contributed by atoms with E-state index in [-0.39, 0.29) is 0 Å². The topological polar surface area (TPSA) is 12.0 Å². The molecule has 114 valence electrons. The predicted octanol–water partition coefficient (Wildman–Crippen LogP) is 4.54. The minimum absolute atomic E-state index is 0.736. The van der Waals surface area contributed by atoms with E-state index in [9.17, 15) is 0 Å². The van der Waals surface area contributed by atoms with Crippen LogP contribution in [0.15, 0.2) is 24.3 Å². The number of benzene rings is 1. The van der Waals surface area contributed by atoms with Gasteiger partial charge in [0.1, 0.15) is 0 Å². The summed E-state index contributed by atoms with van der Waals surface area (Å²) >= 11 is 1.96. The smallest absolute Gasteiger partial charge is 0.00172 e.